The molecule has 0 aliphatic carbocycles. The van der Waals surface area contributed by atoms with Crippen LogP contribution in [0.25, 0.3) is 0 Å². The Morgan fingerprint density at radius 2 is 1.90 bits per heavy atom. The zero-order valence-corrected chi connectivity index (χ0v) is 18.6. The Labute approximate surface area is 175 Å². The van der Waals surface area contributed by atoms with Crippen molar-refractivity contribution >= 4 is 11.9 Å². The molecule has 0 radical (unpaired) electrons. The standard InChI is InChI=1S/C22H38N4O3/c1-5-9-10-21(28)29-19(22-23-13-16-25(22)8-4)17-20(27)26-14-11-18(12-15-26)24(6-2)7-3/h13,16,18-19H,5-12,14-15,17H2,1-4H3. The number of carbonyl (C=O) groups is 2. The summed E-state index contributed by atoms with van der Waals surface area (Å²) >= 11 is 0. The second-order valence-electron chi connectivity index (χ2n) is 7.69. The van der Waals surface area contributed by atoms with Gasteiger partial charge in [-0.1, -0.05) is 27.2 Å². The van der Waals surface area contributed by atoms with Crippen molar-refractivity contribution in [1.82, 2.24) is 19.4 Å². The van der Waals surface area contributed by atoms with Crippen molar-refractivity contribution in [1.29, 1.82) is 0 Å². The lowest BCUT2D eigenvalue weighted by Gasteiger charge is -2.38. The number of aromatic nitrogens is 2. The number of unbranched alkanes of at least 4 members (excludes halogenated alkanes) is 1. The molecule has 0 saturated carbocycles. The number of nitrogens with zero attached hydrogens (tertiary/aromatic N) is 4. The van der Waals surface area contributed by atoms with Gasteiger partial charge in [-0.05, 0) is 39.3 Å². The minimum absolute atomic E-state index is 0.0435. The summed E-state index contributed by atoms with van der Waals surface area (Å²) in [6.45, 7) is 12.8. The first-order valence-electron chi connectivity index (χ1n) is 11.3. The van der Waals surface area contributed by atoms with E-state index in [0.29, 0.717) is 18.3 Å². The van der Waals surface area contributed by atoms with E-state index in [-0.39, 0.29) is 18.3 Å². The predicted molar refractivity (Wildman–Crippen MR) is 113 cm³/mol. The zero-order valence-electron chi connectivity index (χ0n) is 18.6. The Balaban J connectivity index is 2.01. The molecule has 0 N–H and O–H groups in total. The van der Waals surface area contributed by atoms with Crippen LogP contribution in [-0.4, -0.2) is 63.4 Å². The topological polar surface area (TPSA) is 67.7 Å². The van der Waals surface area contributed by atoms with Crippen LogP contribution in [0.15, 0.2) is 12.4 Å². The molecule has 0 spiro atoms. The quantitative estimate of drug-likeness (QED) is 0.527. The van der Waals surface area contributed by atoms with Crippen LogP contribution in [0.5, 0.6) is 0 Å². The van der Waals surface area contributed by atoms with Crippen molar-refractivity contribution in [2.24, 2.45) is 0 Å². The lowest BCUT2D eigenvalue weighted by atomic mass is 10.0. The molecule has 1 aliphatic heterocycles. The van der Waals surface area contributed by atoms with E-state index in [1.54, 1.807) is 6.20 Å². The highest BCUT2D eigenvalue weighted by molar-refractivity contribution is 5.77. The number of piperidine rings is 1. The lowest BCUT2D eigenvalue weighted by Crippen LogP contribution is -2.47. The normalized spacial score (nSPS) is 16.2. The maximum absolute atomic E-state index is 13.0. The smallest absolute Gasteiger partial charge is 0.306 e. The molecule has 1 aliphatic rings. The molecule has 7 heteroatoms. The third kappa shape index (κ3) is 6.56. The second-order valence-corrected chi connectivity index (χ2v) is 7.69. The predicted octanol–water partition coefficient (Wildman–Crippen LogP) is 3.40. The lowest BCUT2D eigenvalue weighted by molar-refractivity contribution is -0.153. The van der Waals surface area contributed by atoms with Crippen LogP contribution < -0.4 is 0 Å². The molecule has 7 nitrogen and oxygen atoms in total. The fourth-order valence-corrected chi connectivity index (χ4v) is 4.11. The number of imidazole rings is 1. The number of likely N-dealkylation sites (tertiary alicyclic amines) is 1. The van der Waals surface area contributed by atoms with Crippen molar-refractivity contribution in [3.63, 3.8) is 0 Å². The molecular weight excluding hydrogens is 368 g/mol. The van der Waals surface area contributed by atoms with Gasteiger partial charge in [0.2, 0.25) is 5.91 Å². The third-order valence-electron chi connectivity index (χ3n) is 5.89. The average Bonchev–Trinajstić information content (AvgIpc) is 3.22. The monoisotopic (exact) mass is 406 g/mol. The molecule has 1 aromatic heterocycles. The molecule has 2 heterocycles. The van der Waals surface area contributed by atoms with E-state index in [1.807, 2.05) is 29.5 Å². The first kappa shape index (κ1) is 23.4. The SMILES string of the molecule is CCCCC(=O)OC(CC(=O)N1CCC(N(CC)CC)CC1)c1nccn1CC. The largest absolute Gasteiger partial charge is 0.454 e. The van der Waals surface area contributed by atoms with Gasteiger partial charge in [0, 0.05) is 44.5 Å². The van der Waals surface area contributed by atoms with Crippen molar-refractivity contribution in [3.05, 3.63) is 18.2 Å². The summed E-state index contributed by atoms with van der Waals surface area (Å²) in [4.78, 5) is 34.0. The third-order valence-corrected chi connectivity index (χ3v) is 5.89. The molecule has 1 atom stereocenters. The van der Waals surface area contributed by atoms with E-state index in [1.165, 1.54) is 0 Å². The first-order valence-corrected chi connectivity index (χ1v) is 11.3. The highest BCUT2D eigenvalue weighted by Gasteiger charge is 2.30. The van der Waals surface area contributed by atoms with E-state index in [9.17, 15) is 9.59 Å². The summed E-state index contributed by atoms with van der Waals surface area (Å²) in [5, 5.41) is 0. The molecular formula is C22H38N4O3. The first-order chi connectivity index (χ1) is 14.0. The number of ether oxygens (including phenoxy) is 1. The van der Waals surface area contributed by atoms with Crippen LogP contribution in [0.1, 0.15) is 78.1 Å². The minimum atomic E-state index is -0.623. The van der Waals surface area contributed by atoms with Crippen LogP contribution in [0.4, 0.5) is 0 Å². The van der Waals surface area contributed by atoms with Crippen LogP contribution in [0.3, 0.4) is 0 Å². The van der Waals surface area contributed by atoms with Gasteiger partial charge in [-0.25, -0.2) is 4.98 Å². The second kappa shape index (κ2) is 12.0. The van der Waals surface area contributed by atoms with Crippen LogP contribution in [-0.2, 0) is 20.9 Å². The van der Waals surface area contributed by atoms with E-state index in [2.05, 4.69) is 23.7 Å². The molecule has 1 fully saturated rings. The van der Waals surface area contributed by atoms with Gasteiger partial charge in [-0.15, -0.1) is 0 Å². The van der Waals surface area contributed by atoms with Crippen molar-refractivity contribution < 1.29 is 14.3 Å². The van der Waals surface area contributed by atoms with Gasteiger partial charge in [-0.3, -0.25) is 9.59 Å². The number of aryl methyl sites for hydroxylation is 1. The molecule has 1 amide bonds. The zero-order chi connectivity index (χ0) is 21.2. The van der Waals surface area contributed by atoms with Crippen LogP contribution in [0, 0.1) is 0 Å². The van der Waals surface area contributed by atoms with E-state index in [0.717, 1.165) is 58.4 Å². The van der Waals surface area contributed by atoms with E-state index < -0.39 is 6.10 Å². The number of rotatable bonds is 11. The Hall–Kier alpha value is -1.89. The Bertz CT molecular complexity index is 634. The maximum atomic E-state index is 13.0. The van der Waals surface area contributed by atoms with Gasteiger partial charge < -0.3 is 19.1 Å². The molecule has 0 bridgehead atoms. The summed E-state index contributed by atoms with van der Waals surface area (Å²) in [5.74, 6) is 0.446. The number of amides is 1. The minimum Gasteiger partial charge on any atom is -0.454 e. The highest BCUT2D eigenvalue weighted by atomic mass is 16.5. The van der Waals surface area contributed by atoms with Crippen LogP contribution in [0.2, 0.25) is 0 Å². The summed E-state index contributed by atoms with van der Waals surface area (Å²) in [7, 11) is 0. The molecule has 0 aromatic carbocycles. The summed E-state index contributed by atoms with van der Waals surface area (Å²) in [6.07, 6.45) is 7.20. The van der Waals surface area contributed by atoms with Gasteiger partial charge >= 0.3 is 5.97 Å². The van der Waals surface area contributed by atoms with Gasteiger partial charge in [0.1, 0.15) is 0 Å². The van der Waals surface area contributed by atoms with Gasteiger partial charge in [-0.2, -0.15) is 0 Å². The number of carbonyl (C=O) groups excluding carboxylic acids is 2. The van der Waals surface area contributed by atoms with Crippen molar-refractivity contribution in [2.45, 2.75) is 84.9 Å². The fourth-order valence-electron chi connectivity index (χ4n) is 4.11. The van der Waals surface area contributed by atoms with Gasteiger partial charge in [0.25, 0.3) is 0 Å². The Morgan fingerprint density at radius 3 is 2.48 bits per heavy atom. The van der Waals surface area contributed by atoms with Gasteiger partial charge in [0.15, 0.2) is 11.9 Å². The molecule has 164 valence electrons. The number of hydrogen-bond donors (Lipinski definition) is 0. The Kier molecular flexibility index (Phi) is 9.64. The fraction of sp³-hybridized carbons (Fsp3) is 0.773. The molecule has 1 aromatic rings. The summed E-state index contributed by atoms with van der Waals surface area (Å²) in [5.41, 5.74) is 0. The number of hydrogen-bond acceptors (Lipinski definition) is 5. The average molecular weight is 407 g/mol. The van der Waals surface area contributed by atoms with Crippen molar-refractivity contribution in [2.75, 3.05) is 26.2 Å². The maximum Gasteiger partial charge on any atom is 0.306 e. The summed E-state index contributed by atoms with van der Waals surface area (Å²) in [6, 6.07) is 0.552. The molecule has 29 heavy (non-hydrogen) atoms. The van der Waals surface area contributed by atoms with E-state index >= 15 is 0 Å². The number of esters is 1. The van der Waals surface area contributed by atoms with Crippen molar-refractivity contribution in [3.8, 4) is 0 Å². The molecule has 1 saturated heterocycles. The van der Waals surface area contributed by atoms with Gasteiger partial charge in [0.05, 0.1) is 6.42 Å². The molecule has 2 rings (SSSR count). The summed E-state index contributed by atoms with van der Waals surface area (Å²) < 4.78 is 7.66. The Morgan fingerprint density at radius 1 is 1.21 bits per heavy atom. The highest BCUT2D eigenvalue weighted by Crippen LogP contribution is 2.24. The van der Waals surface area contributed by atoms with Crippen LogP contribution >= 0.6 is 0 Å². The molecule has 1 unspecified atom stereocenters. The van der Waals surface area contributed by atoms with E-state index in [4.69, 9.17) is 4.74 Å².